The van der Waals surface area contributed by atoms with Gasteiger partial charge in [-0.25, -0.2) is 4.68 Å². The molecule has 1 N–H and O–H groups in total. The largest absolute Gasteiger partial charge is 0.343 e. The van der Waals surface area contributed by atoms with E-state index in [-0.39, 0.29) is 5.91 Å². The van der Waals surface area contributed by atoms with Crippen LogP contribution in [-0.2, 0) is 13.1 Å². The number of aromatic nitrogens is 3. The van der Waals surface area contributed by atoms with Gasteiger partial charge in [0.25, 0.3) is 5.91 Å². The van der Waals surface area contributed by atoms with E-state index in [1.54, 1.807) is 23.0 Å². The maximum absolute atomic E-state index is 12.5. The summed E-state index contributed by atoms with van der Waals surface area (Å²) in [6.07, 6.45) is 3.56. The van der Waals surface area contributed by atoms with Crippen LogP contribution < -0.4 is 5.32 Å². The molecule has 0 aliphatic rings. The molecule has 5 nitrogen and oxygen atoms in total. The standard InChI is InChI=1S/C17H16BrClN4O/c1-2-22-11-13(18)9-15(22)17(24)21-16-7-8-20-23(16)10-12-3-5-14(19)6-4-12/h3-9,11H,2,10H2,1H3,(H,21,24). The fourth-order valence-electron chi connectivity index (χ4n) is 2.43. The first-order valence-electron chi connectivity index (χ1n) is 7.50. The lowest BCUT2D eigenvalue weighted by Gasteiger charge is -2.10. The number of carbonyl (C=O) groups is 1. The van der Waals surface area contributed by atoms with Crippen LogP contribution in [-0.4, -0.2) is 20.3 Å². The lowest BCUT2D eigenvalue weighted by atomic mass is 10.2. The summed E-state index contributed by atoms with van der Waals surface area (Å²) in [5.74, 6) is 0.482. The maximum atomic E-state index is 12.5. The topological polar surface area (TPSA) is 51.9 Å². The van der Waals surface area contributed by atoms with E-state index in [0.717, 1.165) is 16.6 Å². The Kier molecular flexibility index (Phi) is 5.06. The van der Waals surface area contributed by atoms with Crippen molar-refractivity contribution in [1.29, 1.82) is 0 Å². The molecule has 0 aliphatic heterocycles. The number of nitrogens with one attached hydrogen (secondary N) is 1. The van der Waals surface area contributed by atoms with Crippen molar-refractivity contribution in [2.75, 3.05) is 5.32 Å². The van der Waals surface area contributed by atoms with E-state index in [0.29, 0.717) is 23.1 Å². The van der Waals surface area contributed by atoms with Crippen molar-refractivity contribution in [3.05, 3.63) is 69.5 Å². The highest BCUT2D eigenvalue weighted by Crippen LogP contribution is 2.18. The Labute approximate surface area is 153 Å². The van der Waals surface area contributed by atoms with Crippen molar-refractivity contribution in [2.24, 2.45) is 0 Å². The predicted molar refractivity (Wildman–Crippen MR) is 98.5 cm³/mol. The van der Waals surface area contributed by atoms with Gasteiger partial charge >= 0.3 is 0 Å². The fraction of sp³-hybridized carbons (Fsp3) is 0.176. The Balaban J connectivity index is 1.77. The van der Waals surface area contributed by atoms with Crippen molar-refractivity contribution in [3.8, 4) is 0 Å². The lowest BCUT2D eigenvalue weighted by Crippen LogP contribution is -2.19. The Morgan fingerprint density at radius 3 is 2.75 bits per heavy atom. The highest BCUT2D eigenvalue weighted by Gasteiger charge is 2.14. The number of benzene rings is 1. The molecule has 0 unspecified atom stereocenters. The molecule has 1 aromatic carbocycles. The lowest BCUT2D eigenvalue weighted by molar-refractivity contribution is 0.101. The second kappa shape index (κ2) is 7.23. The number of carbonyl (C=O) groups excluding carboxylic acids is 1. The van der Waals surface area contributed by atoms with Gasteiger partial charge in [0.1, 0.15) is 11.5 Å². The molecule has 124 valence electrons. The number of halogens is 2. The van der Waals surface area contributed by atoms with Crippen LogP contribution >= 0.6 is 27.5 Å². The molecule has 2 aromatic heterocycles. The van der Waals surface area contributed by atoms with Gasteiger partial charge in [-0.05, 0) is 46.6 Å². The third-order valence-corrected chi connectivity index (χ3v) is 4.33. The van der Waals surface area contributed by atoms with Gasteiger partial charge in [0.15, 0.2) is 0 Å². The van der Waals surface area contributed by atoms with Gasteiger partial charge in [-0.1, -0.05) is 23.7 Å². The SMILES string of the molecule is CCn1cc(Br)cc1C(=O)Nc1ccnn1Cc1ccc(Cl)cc1. The molecule has 0 atom stereocenters. The van der Waals surface area contributed by atoms with Crippen LogP contribution in [0.25, 0.3) is 0 Å². The van der Waals surface area contributed by atoms with Crippen LogP contribution in [0.3, 0.4) is 0 Å². The van der Waals surface area contributed by atoms with E-state index in [2.05, 4.69) is 26.3 Å². The third kappa shape index (κ3) is 3.71. The molecule has 3 rings (SSSR count). The van der Waals surface area contributed by atoms with Gasteiger partial charge in [0, 0.05) is 28.3 Å². The van der Waals surface area contributed by atoms with Crippen LogP contribution in [0.2, 0.25) is 5.02 Å². The zero-order chi connectivity index (χ0) is 17.1. The van der Waals surface area contributed by atoms with E-state index in [9.17, 15) is 4.79 Å². The minimum absolute atomic E-state index is 0.166. The molecule has 0 saturated heterocycles. The first-order chi connectivity index (χ1) is 11.6. The molecule has 0 radical (unpaired) electrons. The number of hydrogen-bond donors (Lipinski definition) is 1. The Hall–Kier alpha value is -2.05. The van der Waals surface area contributed by atoms with E-state index < -0.39 is 0 Å². The molecular weight excluding hydrogens is 392 g/mol. The molecule has 0 fully saturated rings. The molecule has 2 heterocycles. The summed E-state index contributed by atoms with van der Waals surface area (Å²) in [6, 6.07) is 11.1. The Morgan fingerprint density at radius 2 is 2.04 bits per heavy atom. The summed E-state index contributed by atoms with van der Waals surface area (Å²) < 4.78 is 4.51. The summed E-state index contributed by atoms with van der Waals surface area (Å²) in [4.78, 5) is 12.5. The second-order valence-corrected chi connectivity index (χ2v) is 6.64. The summed E-state index contributed by atoms with van der Waals surface area (Å²) in [7, 11) is 0. The van der Waals surface area contributed by atoms with Gasteiger partial charge in [-0.15, -0.1) is 0 Å². The third-order valence-electron chi connectivity index (χ3n) is 3.64. The van der Waals surface area contributed by atoms with E-state index in [1.165, 1.54) is 0 Å². The number of hydrogen-bond acceptors (Lipinski definition) is 2. The molecule has 0 bridgehead atoms. The summed E-state index contributed by atoms with van der Waals surface area (Å²) >= 11 is 9.31. The second-order valence-electron chi connectivity index (χ2n) is 5.28. The van der Waals surface area contributed by atoms with Gasteiger partial charge in [0.2, 0.25) is 0 Å². The van der Waals surface area contributed by atoms with E-state index in [4.69, 9.17) is 11.6 Å². The van der Waals surface area contributed by atoms with E-state index >= 15 is 0 Å². The zero-order valence-corrected chi connectivity index (χ0v) is 15.4. The summed E-state index contributed by atoms with van der Waals surface area (Å²) in [5.41, 5.74) is 1.65. The molecule has 3 aromatic rings. The van der Waals surface area contributed by atoms with Crippen molar-refractivity contribution in [2.45, 2.75) is 20.0 Å². The first-order valence-corrected chi connectivity index (χ1v) is 8.67. The number of aryl methyl sites for hydroxylation is 1. The smallest absolute Gasteiger partial charge is 0.273 e. The maximum Gasteiger partial charge on any atom is 0.273 e. The molecular formula is C17H16BrClN4O. The minimum atomic E-state index is -0.166. The molecule has 1 amide bonds. The molecule has 24 heavy (non-hydrogen) atoms. The van der Waals surface area contributed by atoms with Gasteiger partial charge in [-0.2, -0.15) is 5.10 Å². The minimum Gasteiger partial charge on any atom is -0.343 e. The van der Waals surface area contributed by atoms with Crippen molar-refractivity contribution in [1.82, 2.24) is 14.3 Å². The molecule has 0 aliphatic carbocycles. The Bertz CT molecular complexity index is 854. The van der Waals surface area contributed by atoms with Crippen LogP contribution in [0, 0.1) is 0 Å². The van der Waals surface area contributed by atoms with E-state index in [1.807, 2.05) is 42.0 Å². The summed E-state index contributed by atoms with van der Waals surface area (Å²) in [5, 5.41) is 7.89. The first kappa shape index (κ1) is 16.8. The average Bonchev–Trinajstić information content (AvgIpc) is 3.16. The van der Waals surface area contributed by atoms with Crippen LogP contribution in [0.15, 0.2) is 53.3 Å². The predicted octanol–water partition coefficient (Wildman–Crippen LogP) is 4.42. The van der Waals surface area contributed by atoms with Gasteiger partial charge in [0.05, 0.1) is 12.7 Å². The fourth-order valence-corrected chi connectivity index (χ4v) is 3.02. The number of nitrogens with zero attached hydrogens (tertiary/aromatic N) is 3. The van der Waals surface area contributed by atoms with Crippen molar-refractivity contribution < 1.29 is 4.79 Å². The molecule has 7 heteroatoms. The van der Waals surface area contributed by atoms with Crippen LogP contribution in [0.4, 0.5) is 5.82 Å². The zero-order valence-electron chi connectivity index (χ0n) is 13.0. The number of anilines is 1. The highest BCUT2D eigenvalue weighted by molar-refractivity contribution is 9.10. The quantitative estimate of drug-likeness (QED) is 0.680. The molecule has 0 spiro atoms. The van der Waals surface area contributed by atoms with Crippen molar-refractivity contribution >= 4 is 39.3 Å². The molecule has 0 saturated carbocycles. The highest BCUT2D eigenvalue weighted by atomic mass is 79.9. The van der Waals surface area contributed by atoms with Crippen LogP contribution in [0.5, 0.6) is 0 Å². The van der Waals surface area contributed by atoms with Gasteiger partial charge in [-0.3, -0.25) is 4.79 Å². The Morgan fingerprint density at radius 1 is 1.29 bits per heavy atom. The monoisotopic (exact) mass is 406 g/mol. The average molecular weight is 408 g/mol. The number of rotatable bonds is 5. The van der Waals surface area contributed by atoms with Gasteiger partial charge < -0.3 is 9.88 Å². The normalized spacial score (nSPS) is 10.8. The number of amides is 1. The van der Waals surface area contributed by atoms with Crippen LogP contribution in [0.1, 0.15) is 23.0 Å². The summed E-state index contributed by atoms with van der Waals surface area (Å²) in [6.45, 7) is 3.27. The van der Waals surface area contributed by atoms with Crippen molar-refractivity contribution in [3.63, 3.8) is 0 Å².